The van der Waals surface area contributed by atoms with Gasteiger partial charge in [-0.15, -0.1) is 0 Å². The van der Waals surface area contributed by atoms with E-state index in [-0.39, 0.29) is 5.92 Å². The number of nitrogens with one attached hydrogen (secondary N) is 2. The Hall–Kier alpha value is -1.77. The molecular weight excluding hydrogens is 408 g/mol. The predicted molar refractivity (Wildman–Crippen MR) is 126 cm³/mol. The van der Waals surface area contributed by atoms with E-state index in [0.717, 1.165) is 56.6 Å². The van der Waals surface area contributed by atoms with Gasteiger partial charge in [-0.3, -0.25) is 0 Å². The van der Waals surface area contributed by atoms with Gasteiger partial charge in [-0.1, -0.05) is 42.0 Å². The first-order chi connectivity index (χ1) is 15.0. The van der Waals surface area contributed by atoms with Crippen LogP contribution in [-0.4, -0.2) is 52.0 Å². The first-order valence-corrected chi connectivity index (χ1v) is 12.7. The largest absolute Gasteiger partial charge is 0.326 e. The molecule has 0 aliphatic carbocycles. The Bertz CT molecular complexity index is 898. The van der Waals surface area contributed by atoms with Gasteiger partial charge in [-0.25, -0.2) is 8.42 Å². The number of rotatable bonds is 5. The van der Waals surface area contributed by atoms with E-state index < -0.39 is 10.0 Å². The number of hydrogen-bond acceptors (Lipinski definition) is 5. The van der Waals surface area contributed by atoms with Gasteiger partial charge >= 0.3 is 0 Å². The first-order valence-electron chi connectivity index (χ1n) is 11.2. The Morgan fingerprint density at radius 3 is 2.29 bits per heavy atom. The minimum absolute atomic E-state index is 0.191. The summed E-state index contributed by atoms with van der Waals surface area (Å²) in [7, 11) is -3.54. The van der Waals surface area contributed by atoms with Crippen molar-refractivity contribution in [3.8, 4) is 0 Å². The van der Waals surface area contributed by atoms with E-state index in [4.69, 9.17) is 5.73 Å². The molecule has 0 radical (unpaired) electrons. The molecule has 1 unspecified atom stereocenters. The van der Waals surface area contributed by atoms with Crippen LogP contribution in [-0.2, 0) is 23.0 Å². The van der Waals surface area contributed by atoms with Crippen molar-refractivity contribution in [2.75, 3.05) is 39.3 Å². The Kier molecular flexibility index (Phi) is 9.04. The molecule has 0 aromatic heterocycles. The monoisotopic (exact) mass is 444 g/mol. The number of nitrogens with zero attached hydrogens (tertiary/aromatic N) is 1. The van der Waals surface area contributed by atoms with Crippen LogP contribution in [0, 0.1) is 12.8 Å². The lowest BCUT2D eigenvalue weighted by Gasteiger charge is -2.28. The van der Waals surface area contributed by atoms with Gasteiger partial charge in [0.1, 0.15) is 0 Å². The SMILES string of the molecule is Cc1ccc(S(=O)(=O)N2CCCNCCCNCC(Cc3ccc(CN)cc3)C2)cc1. The summed E-state index contributed by atoms with van der Waals surface area (Å²) in [5, 5.41) is 6.95. The molecule has 170 valence electrons. The molecule has 4 N–H and O–H groups in total. The van der Waals surface area contributed by atoms with Gasteiger partial charge in [0.05, 0.1) is 4.90 Å². The van der Waals surface area contributed by atoms with Crippen LogP contribution in [0.1, 0.15) is 29.5 Å². The van der Waals surface area contributed by atoms with Crippen molar-refractivity contribution in [2.24, 2.45) is 11.7 Å². The predicted octanol–water partition coefficient (Wildman–Crippen LogP) is 2.28. The lowest BCUT2D eigenvalue weighted by atomic mass is 9.98. The third-order valence-electron chi connectivity index (χ3n) is 5.80. The fourth-order valence-corrected chi connectivity index (χ4v) is 5.51. The molecule has 1 aliphatic rings. The number of hydrogen-bond donors (Lipinski definition) is 3. The van der Waals surface area contributed by atoms with Crippen LogP contribution >= 0.6 is 0 Å². The third-order valence-corrected chi connectivity index (χ3v) is 7.68. The molecule has 3 rings (SSSR count). The molecule has 1 heterocycles. The van der Waals surface area contributed by atoms with Gasteiger partial charge in [-0.05, 0) is 81.5 Å². The van der Waals surface area contributed by atoms with Crippen LogP contribution in [0.25, 0.3) is 0 Å². The molecule has 31 heavy (non-hydrogen) atoms. The zero-order chi connectivity index (χ0) is 22.1. The van der Waals surface area contributed by atoms with Gasteiger partial charge in [0.15, 0.2) is 0 Å². The second-order valence-electron chi connectivity index (χ2n) is 8.43. The summed E-state index contributed by atoms with van der Waals surface area (Å²) in [6.45, 7) is 7.01. The van der Waals surface area contributed by atoms with Crippen LogP contribution in [0.5, 0.6) is 0 Å². The van der Waals surface area contributed by atoms with Crippen LogP contribution in [0.3, 0.4) is 0 Å². The van der Waals surface area contributed by atoms with E-state index in [1.165, 1.54) is 5.56 Å². The summed E-state index contributed by atoms with van der Waals surface area (Å²) in [5.41, 5.74) is 9.10. The fourth-order valence-electron chi connectivity index (χ4n) is 3.95. The van der Waals surface area contributed by atoms with Crippen molar-refractivity contribution in [1.82, 2.24) is 14.9 Å². The average Bonchev–Trinajstić information content (AvgIpc) is 2.76. The van der Waals surface area contributed by atoms with E-state index in [0.29, 0.717) is 24.5 Å². The van der Waals surface area contributed by atoms with Crippen LogP contribution in [0.2, 0.25) is 0 Å². The van der Waals surface area contributed by atoms with Gasteiger partial charge in [0.25, 0.3) is 0 Å². The van der Waals surface area contributed by atoms with Crippen molar-refractivity contribution < 1.29 is 8.42 Å². The smallest absolute Gasteiger partial charge is 0.243 e. The molecule has 0 amide bonds. The topological polar surface area (TPSA) is 87.5 Å². The Morgan fingerprint density at radius 2 is 1.58 bits per heavy atom. The fraction of sp³-hybridized carbons (Fsp3) is 0.500. The third kappa shape index (κ3) is 7.12. The Labute approximate surface area is 187 Å². The maximum atomic E-state index is 13.5. The minimum Gasteiger partial charge on any atom is -0.326 e. The lowest BCUT2D eigenvalue weighted by molar-refractivity contribution is 0.320. The number of benzene rings is 2. The molecule has 1 aliphatic heterocycles. The quantitative estimate of drug-likeness (QED) is 0.659. The highest BCUT2D eigenvalue weighted by Gasteiger charge is 2.27. The number of sulfonamides is 1. The summed E-state index contributed by atoms with van der Waals surface area (Å²) in [6, 6.07) is 15.5. The Balaban J connectivity index is 1.81. The van der Waals surface area contributed by atoms with Crippen molar-refractivity contribution in [1.29, 1.82) is 0 Å². The van der Waals surface area contributed by atoms with Gasteiger partial charge in [-0.2, -0.15) is 4.31 Å². The highest BCUT2D eigenvalue weighted by Crippen LogP contribution is 2.20. The molecular formula is C24H36N4O2S. The molecule has 7 heteroatoms. The number of nitrogens with two attached hydrogens (primary N) is 1. The Morgan fingerprint density at radius 1 is 0.935 bits per heavy atom. The van der Waals surface area contributed by atoms with E-state index >= 15 is 0 Å². The summed E-state index contributed by atoms with van der Waals surface area (Å²) >= 11 is 0. The molecule has 6 nitrogen and oxygen atoms in total. The second-order valence-corrected chi connectivity index (χ2v) is 10.4. The molecule has 0 spiro atoms. The van der Waals surface area contributed by atoms with E-state index in [9.17, 15) is 8.42 Å². The average molecular weight is 445 g/mol. The zero-order valence-electron chi connectivity index (χ0n) is 18.5. The maximum absolute atomic E-state index is 13.5. The van der Waals surface area contributed by atoms with E-state index in [2.05, 4.69) is 34.9 Å². The molecule has 1 fully saturated rings. The molecule has 0 bridgehead atoms. The normalized spacial score (nSPS) is 20.0. The lowest BCUT2D eigenvalue weighted by Crippen LogP contribution is -2.41. The first kappa shape index (κ1) is 23.9. The molecule has 0 saturated carbocycles. The molecule has 2 aromatic carbocycles. The minimum atomic E-state index is -3.54. The van der Waals surface area contributed by atoms with Gasteiger partial charge < -0.3 is 16.4 Å². The summed E-state index contributed by atoms with van der Waals surface area (Å²) in [6.07, 6.45) is 2.70. The second kappa shape index (κ2) is 11.7. The van der Waals surface area contributed by atoms with Gasteiger partial charge in [0, 0.05) is 19.6 Å². The summed E-state index contributed by atoms with van der Waals surface area (Å²) < 4.78 is 28.6. The summed E-state index contributed by atoms with van der Waals surface area (Å²) in [4.78, 5) is 0.372. The van der Waals surface area contributed by atoms with Crippen LogP contribution in [0.15, 0.2) is 53.4 Å². The number of aryl methyl sites for hydroxylation is 1. The highest BCUT2D eigenvalue weighted by molar-refractivity contribution is 7.89. The standard InChI is InChI=1S/C24H36N4O2S/c1-20-4-10-24(11-5-20)31(29,30)28-15-3-14-26-12-2-13-27-18-23(19-28)16-21-6-8-22(17-25)9-7-21/h4-11,23,26-27H,2-3,12-19,25H2,1H3. The van der Waals surface area contributed by atoms with Crippen molar-refractivity contribution in [3.63, 3.8) is 0 Å². The molecule has 1 atom stereocenters. The van der Waals surface area contributed by atoms with Crippen LogP contribution < -0.4 is 16.4 Å². The van der Waals surface area contributed by atoms with Crippen molar-refractivity contribution in [2.45, 2.75) is 37.6 Å². The van der Waals surface area contributed by atoms with Crippen molar-refractivity contribution >= 4 is 10.0 Å². The molecule has 1 saturated heterocycles. The van der Waals surface area contributed by atoms with Crippen LogP contribution in [0.4, 0.5) is 0 Å². The maximum Gasteiger partial charge on any atom is 0.243 e. The molecule has 2 aromatic rings. The summed E-state index contributed by atoms with van der Waals surface area (Å²) in [5.74, 6) is 0.191. The van der Waals surface area contributed by atoms with E-state index in [1.807, 2.05) is 19.1 Å². The zero-order valence-corrected chi connectivity index (χ0v) is 19.3. The van der Waals surface area contributed by atoms with Crippen molar-refractivity contribution in [3.05, 3.63) is 65.2 Å². The van der Waals surface area contributed by atoms with Gasteiger partial charge in [0.2, 0.25) is 10.0 Å². The highest BCUT2D eigenvalue weighted by atomic mass is 32.2. The van der Waals surface area contributed by atoms with E-state index in [1.54, 1.807) is 16.4 Å².